The van der Waals surface area contributed by atoms with Gasteiger partial charge >= 0.3 is 5.97 Å². The van der Waals surface area contributed by atoms with Gasteiger partial charge in [-0.25, -0.2) is 4.79 Å². The number of aryl methyl sites for hydroxylation is 1. The van der Waals surface area contributed by atoms with Crippen molar-refractivity contribution < 1.29 is 14.3 Å². The van der Waals surface area contributed by atoms with E-state index in [2.05, 4.69) is 43.0 Å². The van der Waals surface area contributed by atoms with Crippen LogP contribution in [0, 0.1) is 6.92 Å². The number of carbonyl (C=O) groups is 1. The molecule has 0 N–H and O–H groups in total. The van der Waals surface area contributed by atoms with Crippen molar-refractivity contribution in [3.63, 3.8) is 0 Å². The maximum Gasteiger partial charge on any atom is 0.338 e. The Morgan fingerprint density at radius 1 is 1.24 bits per heavy atom. The van der Waals surface area contributed by atoms with E-state index in [9.17, 15) is 4.79 Å². The van der Waals surface area contributed by atoms with E-state index >= 15 is 0 Å². The molecule has 0 fully saturated rings. The van der Waals surface area contributed by atoms with Crippen LogP contribution >= 0.6 is 0 Å². The molecule has 1 aliphatic rings. The summed E-state index contributed by atoms with van der Waals surface area (Å²) in [4.78, 5) is 14.3. The fourth-order valence-electron chi connectivity index (χ4n) is 3.15. The van der Waals surface area contributed by atoms with E-state index in [1.807, 2.05) is 19.1 Å². The number of esters is 1. The van der Waals surface area contributed by atoms with Crippen LogP contribution in [0.25, 0.3) is 0 Å². The molecule has 0 saturated heterocycles. The first kappa shape index (κ1) is 17.5. The number of rotatable bonds is 4. The molecule has 1 aliphatic heterocycles. The predicted octanol–water partition coefficient (Wildman–Crippen LogP) is 4.13. The second-order valence-corrected chi connectivity index (χ2v) is 6.45. The Kier molecular flexibility index (Phi) is 5.39. The molecule has 0 saturated carbocycles. The zero-order valence-electron chi connectivity index (χ0n) is 15.1. The van der Waals surface area contributed by atoms with E-state index in [1.165, 1.54) is 11.1 Å². The summed E-state index contributed by atoms with van der Waals surface area (Å²) >= 11 is 0. The highest BCUT2D eigenvalue weighted by molar-refractivity contribution is 5.90. The summed E-state index contributed by atoms with van der Waals surface area (Å²) in [6.45, 7) is 8.80. The number of fused-ring (bicyclic) bond motifs is 1. The summed E-state index contributed by atoms with van der Waals surface area (Å²) in [5.74, 6) is 0.478. The van der Waals surface area contributed by atoms with E-state index in [-0.39, 0.29) is 12.0 Å². The summed E-state index contributed by atoms with van der Waals surface area (Å²) < 4.78 is 11.0. The van der Waals surface area contributed by atoms with Gasteiger partial charge in [0.25, 0.3) is 0 Å². The molecule has 0 bridgehead atoms. The molecule has 0 aromatic heterocycles. The molecular formula is C21H25NO3. The molecule has 1 heterocycles. The van der Waals surface area contributed by atoms with Gasteiger partial charge in [0.2, 0.25) is 0 Å². The van der Waals surface area contributed by atoms with Crippen LogP contribution in [-0.4, -0.2) is 30.6 Å². The van der Waals surface area contributed by atoms with Crippen LogP contribution in [0.1, 0.15) is 46.9 Å². The van der Waals surface area contributed by atoms with E-state index in [1.54, 1.807) is 6.07 Å². The summed E-state index contributed by atoms with van der Waals surface area (Å²) in [7, 11) is 0. The highest BCUT2D eigenvalue weighted by Crippen LogP contribution is 2.33. The highest BCUT2D eigenvalue weighted by atomic mass is 16.5. The maximum absolute atomic E-state index is 11.9. The van der Waals surface area contributed by atoms with Crippen LogP contribution in [0.4, 0.5) is 0 Å². The van der Waals surface area contributed by atoms with E-state index < -0.39 is 0 Å². The SMILES string of the molecule is CCOC(=O)c1ccc2c(c1)OCCN(Cc1ccc(C)cc1)C2C. The Hall–Kier alpha value is -2.33. The lowest BCUT2D eigenvalue weighted by Gasteiger charge is -2.27. The van der Waals surface area contributed by atoms with Crippen LogP contribution in [0.15, 0.2) is 42.5 Å². The third-order valence-corrected chi connectivity index (χ3v) is 4.66. The van der Waals surface area contributed by atoms with Crippen LogP contribution < -0.4 is 4.74 Å². The molecule has 1 unspecified atom stereocenters. The van der Waals surface area contributed by atoms with Crippen molar-refractivity contribution in [1.82, 2.24) is 4.90 Å². The number of nitrogens with zero attached hydrogens (tertiary/aromatic N) is 1. The standard InChI is InChI=1S/C21H25NO3/c1-4-24-21(23)18-9-10-19-16(3)22(11-12-25-20(19)13-18)14-17-7-5-15(2)6-8-17/h5-10,13,16H,4,11-12,14H2,1-3H3. The first-order chi connectivity index (χ1) is 12.1. The van der Waals surface area contributed by atoms with Crippen molar-refractivity contribution in [3.8, 4) is 5.75 Å². The molecule has 0 amide bonds. The lowest BCUT2D eigenvalue weighted by Crippen LogP contribution is -2.28. The molecule has 0 spiro atoms. The van der Waals surface area contributed by atoms with Crippen LogP contribution in [0.5, 0.6) is 5.75 Å². The largest absolute Gasteiger partial charge is 0.492 e. The van der Waals surface area contributed by atoms with Gasteiger partial charge in [-0.3, -0.25) is 4.90 Å². The number of carbonyl (C=O) groups excluding carboxylic acids is 1. The average molecular weight is 339 g/mol. The minimum Gasteiger partial charge on any atom is -0.492 e. The topological polar surface area (TPSA) is 38.8 Å². The Balaban J connectivity index is 1.81. The van der Waals surface area contributed by atoms with Crippen LogP contribution in [0.2, 0.25) is 0 Å². The molecule has 0 radical (unpaired) electrons. The molecule has 4 heteroatoms. The second kappa shape index (κ2) is 7.70. The van der Waals surface area contributed by atoms with Gasteiger partial charge in [0.15, 0.2) is 0 Å². The van der Waals surface area contributed by atoms with Gasteiger partial charge < -0.3 is 9.47 Å². The number of hydrogen-bond donors (Lipinski definition) is 0. The Morgan fingerprint density at radius 2 is 2.00 bits per heavy atom. The van der Waals surface area contributed by atoms with Crippen molar-refractivity contribution in [2.45, 2.75) is 33.4 Å². The molecule has 2 aromatic carbocycles. The number of benzene rings is 2. The van der Waals surface area contributed by atoms with Crippen LogP contribution in [-0.2, 0) is 11.3 Å². The zero-order valence-corrected chi connectivity index (χ0v) is 15.1. The lowest BCUT2D eigenvalue weighted by atomic mass is 10.0. The minimum atomic E-state index is -0.303. The normalized spacial score (nSPS) is 17.3. The summed E-state index contributed by atoms with van der Waals surface area (Å²) in [5, 5.41) is 0. The van der Waals surface area contributed by atoms with E-state index in [0.717, 1.165) is 24.4 Å². The third kappa shape index (κ3) is 4.02. The summed E-state index contributed by atoms with van der Waals surface area (Å²) in [5.41, 5.74) is 4.22. The van der Waals surface area contributed by atoms with Gasteiger partial charge in [0.05, 0.1) is 12.2 Å². The Labute approximate surface area is 149 Å². The average Bonchev–Trinajstić information content (AvgIpc) is 2.76. The highest BCUT2D eigenvalue weighted by Gasteiger charge is 2.24. The molecule has 1 atom stereocenters. The fourth-order valence-corrected chi connectivity index (χ4v) is 3.15. The molecular weight excluding hydrogens is 314 g/mol. The van der Waals surface area contributed by atoms with Crippen molar-refractivity contribution in [1.29, 1.82) is 0 Å². The quantitative estimate of drug-likeness (QED) is 0.785. The van der Waals surface area contributed by atoms with Crippen molar-refractivity contribution >= 4 is 5.97 Å². The molecule has 4 nitrogen and oxygen atoms in total. The van der Waals surface area contributed by atoms with Crippen LogP contribution in [0.3, 0.4) is 0 Å². The number of hydrogen-bond acceptors (Lipinski definition) is 4. The molecule has 0 aliphatic carbocycles. The minimum absolute atomic E-state index is 0.218. The van der Waals surface area contributed by atoms with E-state index in [4.69, 9.17) is 9.47 Å². The second-order valence-electron chi connectivity index (χ2n) is 6.45. The first-order valence-electron chi connectivity index (χ1n) is 8.82. The molecule has 3 rings (SSSR count). The predicted molar refractivity (Wildman–Crippen MR) is 97.9 cm³/mol. The van der Waals surface area contributed by atoms with Gasteiger partial charge in [-0.05, 0) is 38.5 Å². The monoisotopic (exact) mass is 339 g/mol. The molecule has 2 aromatic rings. The summed E-state index contributed by atoms with van der Waals surface area (Å²) in [6, 6.07) is 14.5. The Morgan fingerprint density at radius 3 is 2.72 bits per heavy atom. The third-order valence-electron chi connectivity index (χ3n) is 4.66. The van der Waals surface area contributed by atoms with Crippen molar-refractivity contribution in [2.75, 3.05) is 19.8 Å². The van der Waals surface area contributed by atoms with E-state index in [0.29, 0.717) is 18.8 Å². The van der Waals surface area contributed by atoms with Gasteiger partial charge in [0.1, 0.15) is 12.4 Å². The first-order valence-corrected chi connectivity index (χ1v) is 8.82. The van der Waals surface area contributed by atoms with Gasteiger partial charge in [0, 0.05) is 24.7 Å². The zero-order chi connectivity index (χ0) is 17.8. The lowest BCUT2D eigenvalue weighted by molar-refractivity contribution is 0.0526. The molecule has 132 valence electrons. The van der Waals surface area contributed by atoms with Gasteiger partial charge in [-0.1, -0.05) is 35.9 Å². The number of ether oxygens (including phenoxy) is 2. The smallest absolute Gasteiger partial charge is 0.338 e. The summed E-state index contributed by atoms with van der Waals surface area (Å²) in [6.07, 6.45) is 0. The fraction of sp³-hybridized carbons (Fsp3) is 0.381. The van der Waals surface area contributed by atoms with Gasteiger partial charge in [-0.15, -0.1) is 0 Å². The van der Waals surface area contributed by atoms with Crippen molar-refractivity contribution in [3.05, 3.63) is 64.7 Å². The van der Waals surface area contributed by atoms with Crippen molar-refractivity contribution in [2.24, 2.45) is 0 Å². The maximum atomic E-state index is 11.9. The Bertz CT molecular complexity index is 739. The van der Waals surface area contributed by atoms with Gasteiger partial charge in [-0.2, -0.15) is 0 Å². The molecule has 25 heavy (non-hydrogen) atoms.